The fourth-order valence-corrected chi connectivity index (χ4v) is 2.28. The van der Waals surface area contributed by atoms with Gasteiger partial charge in [-0.05, 0) is 54.3 Å². The number of carbonyl (C=O) groups is 2. The summed E-state index contributed by atoms with van der Waals surface area (Å²) < 4.78 is 10.1. The predicted octanol–water partition coefficient (Wildman–Crippen LogP) is 3.63. The molecular weight excluding hydrogens is 344 g/mol. The molecule has 1 amide bonds. The highest BCUT2D eigenvalue weighted by Crippen LogP contribution is 2.20. The van der Waals surface area contributed by atoms with Crippen molar-refractivity contribution in [3.05, 3.63) is 59.7 Å². The second kappa shape index (κ2) is 9.97. The van der Waals surface area contributed by atoms with Crippen molar-refractivity contribution in [2.75, 3.05) is 18.5 Å². The van der Waals surface area contributed by atoms with Crippen LogP contribution in [0.15, 0.2) is 48.5 Å². The highest BCUT2D eigenvalue weighted by atomic mass is 16.6. The lowest BCUT2D eigenvalue weighted by Gasteiger charge is -2.11. The minimum Gasteiger partial charge on any atom is -0.482 e. The molecule has 0 saturated carbocycles. The van der Waals surface area contributed by atoms with Gasteiger partial charge >= 0.3 is 5.97 Å². The van der Waals surface area contributed by atoms with Gasteiger partial charge < -0.3 is 14.8 Å². The van der Waals surface area contributed by atoms with Crippen molar-refractivity contribution in [3.8, 4) is 11.8 Å². The second-order valence-corrected chi connectivity index (χ2v) is 6.07. The Morgan fingerprint density at radius 2 is 1.74 bits per heavy atom. The molecule has 0 fully saturated rings. The van der Waals surface area contributed by atoms with Crippen LogP contribution < -0.4 is 10.1 Å². The van der Waals surface area contributed by atoms with Crippen molar-refractivity contribution < 1.29 is 19.1 Å². The number of hydrogen-bond acceptors (Lipinski definition) is 5. The molecule has 2 aromatic carbocycles. The van der Waals surface area contributed by atoms with Crippen LogP contribution in [0, 0.1) is 11.3 Å². The van der Waals surface area contributed by atoms with E-state index in [1.807, 2.05) is 30.3 Å². The molecule has 0 bridgehead atoms. The summed E-state index contributed by atoms with van der Waals surface area (Å²) in [6.07, 6.45) is 1.05. The molecule has 0 heterocycles. The first-order valence-electron chi connectivity index (χ1n) is 8.70. The maximum absolute atomic E-state index is 11.9. The molecule has 0 aliphatic heterocycles. The third-order valence-corrected chi connectivity index (χ3v) is 4.08. The van der Waals surface area contributed by atoms with Crippen LogP contribution in [-0.2, 0) is 14.3 Å². The van der Waals surface area contributed by atoms with Gasteiger partial charge in [0, 0.05) is 5.69 Å². The normalized spacial score (nSPS) is 11.1. The van der Waals surface area contributed by atoms with Gasteiger partial charge in [0.15, 0.2) is 13.2 Å². The number of rotatable bonds is 8. The molecule has 2 rings (SSSR count). The zero-order valence-corrected chi connectivity index (χ0v) is 15.4. The summed E-state index contributed by atoms with van der Waals surface area (Å²) in [6.45, 7) is 3.57. The lowest BCUT2D eigenvalue weighted by molar-refractivity contribution is -0.149. The van der Waals surface area contributed by atoms with Crippen molar-refractivity contribution in [3.63, 3.8) is 0 Å². The van der Waals surface area contributed by atoms with Gasteiger partial charge in [-0.25, -0.2) is 4.79 Å². The molecule has 6 heteroatoms. The lowest BCUT2D eigenvalue weighted by atomic mass is 9.99. The van der Waals surface area contributed by atoms with Crippen molar-refractivity contribution in [2.24, 2.45) is 0 Å². The molecule has 0 unspecified atom stereocenters. The van der Waals surface area contributed by atoms with E-state index in [1.165, 1.54) is 5.56 Å². The molecule has 0 aliphatic rings. The summed E-state index contributed by atoms with van der Waals surface area (Å²) in [6, 6.07) is 15.9. The van der Waals surface area contributed by atoms with Gasteiger partial charge in [0.1, 0.15) is 5.75 Å². The average molecular weight is 366 g/mol. The SMILES string of the molecule is CC[C@H](C)c1ccc(NC(=O)COC(=O)COc2ccc(C#N)cc2)cc1. The van der Waals surface area contributed by atoms with E-state index < -0.39 is 11.9 Å². The Hall–Kier alpha value is -3.33. The summed E-state index contributed by atoms with van der Waals surface area (Å²) in [4.78, 5) is 23.5. The zero-order valence-electron chi connectivity index (χ0n) is 15.4. The largest absolute Gasteiger partial charge is 0.482 e. The second-order valence-electron chi connectivity index (χ2n) is 6.07. The van der Waals surface area contributed by atoms with E-state index in [0.717, 1.165) is 6.42 Å². The summed E-state index contributed by atoms with van der Waals surface area (Å²) in [5.74, 6) is -0.164. The Labute approximate surface area is 158 Å². The molecular formula is C21H22N2O4. The number of ether oxygens (including phenoxy) is 2. The van der Waals surface area contributed by atoms with E-state index >= 15 is 0 Å². The first-order valence-corrected chi connectivity index (χ1v) is 8.70. The summed E-state index contributed by atoms with van der Waals surface area (Å²) in [7, 11) is 0. The third-order valence-electron chi connectivity index (χ3n) is 4.08. The Kier molecular flexibility index (Phi) is 7.38. The van der Waals surface area contributed by atoms with Crippen molar-refractivity contribution in [1.82, 2.24) is 0 Å². The van der Waals surface area contributed by atoms with E-state index in [9.17, 15) is 9.59 Å². The van der Waals surface area contributed by atoms with E-state index in [2.05, 4.69) is 19.2 Å². The van der Waals surface area contributed by atoms with Crippen LogP contribution in [0.2, 0.25) is 0 Å². The van der Waals surface area contributed by atoms with Crippen molar-refractivity contribution in [2.45, 2.75) is 26.2 Å². The molecule has 6 nitrogen and oxygen atoms in total. The number of nitriles is 1. The van der Waals surface area contributed by atoms with Crippen LogP contribution >= 0.6 is 0 Å². The van der Waals surface area contributed by atoms with Crippen LogP contribution in [-0.4, -0.2) is 25.1 Å². The molecule has 0 saturated heterocycles. The van der Waals surface area contributed by atoms with Gasteiger partial charge in [0.05, 0.1) is 11.6 Å². The highest BCUT2D eigenvalue weighted by molar-refractivity contribution is 5.92. The topological polar surface area (TPSA) is 88.4 Å². The van der Waals surface area contributed by atoms with E-state index in [-0.39, 0.29) is 13.2 Å². The number of benzene rings is 2. The van der Waals surface area contributed by atoms with Gasteiger partial charge in [-0.3, -0.25) is 4.79 Å². The average Bonchev–Trinajstić information content (AvgIpc) is 2.71. The van der Waals surface area contributed by atoms with Gasteiger partial charge in [-0.1, -0.05) is 26.0 Å². The minimum absolute atomic E-state index is 0.317. The van der Waals surface area contributed by atoms with Crippen LogP contribution in [0.4, 0.5) is 5.69 Å². The molecule has 0 aliphatic carbocycles. The molecule has 1 atom stereocenters. The molecule has 27 heavy (non-hydrogen) atoms. The molecule has 140 valence electrons. The molecule has 2 aromatic rings. The van der Waals surface area contributed by atoms with Crippen LogP contribution in [0.1, 0.15) is 37.3 Å². The van der Waals surface area contributed by atoms with Crippen LogP contribution in [0.25, 0.3) is 0 Å². The van der Waals surface area contributed by atoms with E-state index in [4.69, 9.17) is 14.7 Å². The van der Waals surface area contributed by atoms with Crippen molar-refractivity contribution >= 4 is 17.6 Å². The van der Waals surface area contributed by atoms with Crippen molar-refractivity contribution in [1.29, 1.82) is 5.26 Å². The number of esters is 1. The number of carbonyl (C=O) groups excluding carboxylic acids is 2. The Balaban J connectivity index is 1.72. The first-order chi connectivity index (χ1) is 13.0. The van der Waals surface area contributed by atoms with Crippen LogP contribution in [0.3, 0.4) is 0 Å². The third kappa shape index (κ3) is 6.48. The predicted molar refractivity (Wildman–Crippen MR) is 101 cm³/mol. The summed E-state index contributed by atoms with van der Waals surface area (Å²) in [5, 5.41) is 11.4. The standard InChI is InChI=1S/C21H22N2O4/c1-3-15(2)17-6-8-18(9-7-17)23-20(24)13-27-21(25)14-26-19-10-4-16(12-22)5-11-19/h4-11,15H,3,13-14H2,1-2H3,(H,23,24)/t15-/m0/s1. The number of hydrogen-bond donors (Lipinski definition) is 1. The Bertz CT molecular complexity index is 808. The number of nitrogens with one attached hydrogen (secondary N) is 1. The monoisotopic (exact) mass is 366 g/mol. The fourth-order valence-electron chi connectivity index (χ4n) is 2.28. The van der Waals surface area contributed by atoms with Gasteiger partial charge in [-0.2, -0.15) is 5.26 Å². The number of amides is 1. The van der Waals surface area contributed by atoms with E-state index in [0.29, 0.717) is 22.9 Å². The summed E-state index contributed by atoms with van der Waals surface area (Å²) in [5.41, 5.74) is 2.36. The van der Waals surface area contributed by atoms with E-state index in [1.54, 1.807) is 24.3 Å². The minimum atomic E-state index is -0.651. The first kappa shape index (κ1) is 20.0. The molecule has 0 radical (unpaired) electrons. The smallest absolute Gasteiger partial charge is 0.344 e. The maximum atomic E-state index is 11.9. The van der Waals surface area contributed by atoms with Crippen LogP contribution in [0.5, 0.6) is 5.75 Å². The zero-order chi connectivity index (χ0) is 19.6. The molecule has 0 spiro atoms. The summed E-state index contributed by atoms with van der Waals surface area (Å²) >= 11 is 0. The molecule has 0 aromatic heterocycles. The fraction of sp³-hybridized carbons (Fsp3) is 0.286. The Morgan fingerprint density at radius 3 is 2.33 bits per heavy atom. The lowest BCUT2D eigenvalue weighted by Crippen LogP contribution is -2.23. The highest BCUT2D eigenvalue weighted by Gasteiger charge is 2.09. The van der Waals surface area contributed by atoms with Gasteiger partial charge in [-0.15, -0.1) is 0 Å². The quantitative estimate of drug-likeness (QED) is 0.721. The maximum Gasteiger partial charge on any atom is 0.344 e. The van der Waals surface area contributed by atoms with Gasteiger partial charge in [0.2, 0.25) is 0 Å². The van der Waals surface area contributed by atoms with Gasteiger partial charge in [0.25, 0.3) is 5.91 Å². The number of nitrogens with zero attached hydrogens (tertiary/aromatic N) is 1. The Morgan fingerprint density at radius 1 is 1.07 bits per heavy atom. The number of anilines is 1. The molecule has 1 N–H and O–H groups in total.